The van der Waals surface area contributed by atoms with Gasteiger partial charge in [0.2, 0.25) is 0 Å². The van der Waals surface area contributed by atoms with Gasteiger partial charge >= 0.3 is 0 Å². The van der Waals surface area contributed by atoms with Crippen molar-refractivity contribution in [2.45, 2.75) is 0 Å². The van der Waals surface area contributed by atoms with Crippen LogP contribution in [0.15, 0.2) is 179 Å². The molecule has 48 heavy (non-hydrogen) atoms. The maximum atomic E-state index is 4.61. The summed E-state index contributed by atoms with van der Waals surface area (Å²) in [5, 5.41) is 0. The third-order valence-electron chi connectivity index (χ3n) is 7.64. The van der Waals surface area contributed by atoms with E-state index < -0.39 is 0 Å². The van der Waals surface area contributed by atoms with E-state index in [1.807, 2.05) is 91.0 Å². The second-order valence-corrected chi connectivity index (χ2v) is 11.0. The molecule has 6 nitrogen and oxygen atoms in total. The summed E-state index contributed by atoms with van der Waals surface area (Å²) in [4.78, 5) is 26.8. The smallest absolute Gasteiger partial charge is 0.0812 e. The standard InChI is InChI=1S/C42H30N6/c1-4-22-43-40(7-1)28-46-37-16-10-31(11-17-37)34-25-35(32-12-18-38(19-13-32)47-29-41-8-2-5-23-44-41)27-36(26-34)33-14-20-39(21-15-33)48-30-42-9-3-6-24-45-42/h1-30H. The molecule has 0 spiro atoms. The van der Waals surface area contributed by atoms with E-state index in [2.05, 4.69) is 84.5 Å². The van der Waals surface area contributed by atoms with Crippen molar-refractivity contribution in [1.29, 1.82) is 0 Å². The van der Waals surface area contributed by atoms with Crippen LogP contribution in [0.5, 0.6) is 0 Å². The fourth-order valence-electron chi connectivity index (χ4n) is 5.13. The van der Waals surface area contributed by atoms with Crippen LogP contribution in [-0.4, -0.2) is 33.6 Å². The fourth-order valence-corrected chi connectivity index (χ4v) is 5.13. The largest absolute Gasteiger partial charge is 0.255 e. The summed E-state index contributed by atoms with van der Waals surface area (Å²) in [5.41, 5.74) is 11.7. The van der Waals surface area contributed by atoms with Crippen molar-refractivity contribution < 1.29 is 0 Å². The molecule has 4 aromatic carbocycles. The monoisotopic (exact) mass is 618 g/mol. The van der Waals surface area contributed by atoms with Crippen LogP contribution in [0.2, 0.25) is 0 Å². The average molecular weight is 619 g/mol. The molecule has 228 valence electrons. The lowest BCUT2D eigenvalue weighted by Crippen LogP contribution is -1.87. The maximum Gasteiger partial charge on any atom is 0.0812 e. The molecule has 7 rings (SSSR count). The normalized spacial score (nSPS) is 11.5. The van der Waals surface area contributed by atoms with Crippen LogP contribution >= 0.6 is 0 Å². The van der Waals surface area contributed by atoms with Crippen LogP contribution in [0.3, 0.4) is 0 Å². The quantitative estimate of drug-likeness (QED) is 0.151. The highest BCUT2D eigenvalue weighted by atomic mass is 14.8. The molecular formula is C42H30N6. The van der Waals surface area contributed by atoms with Crippen molar-refractivity contribution >= 4 is 35.7 Å². The van der Waals surface area contributed by atoms with E-state index in [-0.39, 0.29) is 0 Å². The molecule has 0 aliphatic rings. The Bertz CT molecular complexity index is 1910. The van der Waals surface area contributed by atoms with Gasteiger partial charge < -0.3 is 0 Å². The van der Waals surface area contributed by atoms with Crippen molar-refractivity contribution in [3.05, 3.63) is 181 Å². The second-order valence-electron chi connectivity index (χ2n) is 11.0. The Labute approximate surface area is 279 Å². The summed E-state index contributed by atoms with van der Waals surface area (Å²) in [6.45, 7) is 0. The van der Waals surface area contributed by atoms with Gasteiger partial charge in [-0.05, 0) is 124 Å². The number of nitrogens with zero attached hydrogens (tertiary/aromatic N) is 6. The molecular weight excluding hydrogens is 589 g/mol. The summed E-state index contributed by atoms with van der Waals surface area (Å²) in [6.07, 6.45) is 10.6. The zero-order valence-electron chi connectivity index (χ0n) is 26.0. The number of aliphatic imine (C=N–C) groups is 3. The SMILES string of the molecule is C(=Nc1ccc(-c2cc(-c3ccc(N=Cc4ccccn4)cc3)cc(-c3ccc(N=Cc4ccccn4)cc3)c2)cc1)c1ccccn1. The Morgan fingerprint density at radius 3 is 0.854 bits per heavy atom. The molecule has 0 aliphatic heterocycles. The van der Waals surface area contributed by atoms with Crippen molar-refractivity contribution in [2.75, 3.05) is 0 Å². The van der Waals surface area contributed by atoms with E-state index in [1.54, 1.807) is 37.2 Å². The van der Waals surface area contributed by atoms with Crippen LogP contribution in [0, 0.1) is 0 Å². The van der Waals surface area contributed by atoms with Crippen LogP contribution in [-0.2, 0) is 0 Å². The Kier molecular flexibility index (Phi) is 9.15. The Hall–Kier alpha value is -6.66. The van der Waals surface area contributed by atoms with E-state index in [9.17, 15) is 0 Å². The molecule has 6 heteroatoms. The highest BCUT2D eigenvalue weighted by molar-refractivity contribution is 5.84. The van der Waals surface area contributed by atoms with E-state index in [1.165, 1.54) is 0 Å². The minimum Gasteiger partial charge on any atom is -0.255 e. The first-order valence-electron chi connectivity index (χ1n) is 15.6. The number of hydrogen-bond acceptors (Lipinski definition) is 6. The van der Waals surface area contributed by atoms with Crippen LogP contribution < -0.4 is 0 Å². The first-order chi connectivity index (χ1) is 23.7. The molecule has 0 bridgehead atoms. The molecule has 0 saturated heterocycles. The van der Waals surface area contributed by atoms with Crippen LogP contribution in [0.1, 0.15) is 17.1 Å². The van der Waals surface area contributed by atoms with Gasteiger partial charge in [0, 0.05) is 18.6 Å². The number of rotatable bonds is 9. The molecule has 0 saturated carbocycles. The van der Waals surface area contributed by atoms with Gasteiger partial charge in [-0.2, -0.15) is 0 Å². The van der Waals surface area contributed by atoms with Crippen molar-refractivity contribution in [3.8, 4) is 33.4 Å². The van der Waals surface area contributed by atoms with Gasteiger partial charge in [-0.15, -0.1) is 0 Å². The van der Waals surface area contributed by atoms with Gasteiger partial charge in [-0.3, -0.25) is 29.9 Å². The summed E-state index contributed by atoms with van der Waals surface area (Å²) in [5.74, 6) is 0. The predicted molar refractivity (Wildman–Crippen MR) is 197 cm³/mol. The van der Waals surface area contributed by atoms with Gasteiger partial charge in [0.15, 0.2) is 0 Å². The molecule has 0 amide bonds. The molecule has 0 N–H and O–H groups in total. The van der Waals surface area contributed by atoms with E-state index >= 15 is 0 Å². The zero-order chi connectivity index (χ0) is 32.4. The van der Waals surface area contributed by atoms with Gasteiger partial charge in [-0.25, -0.2) is 0 Å². The summed E-state index contributed by atoms with van der Waals surface area (Å²) < 4.78 is 0. The Balaban J connectivity index is 1.19. The van der Waals surface area contributed by atoms with Crippen molar-refractivity contribution in [2.24, 2.45) is 15.0 Å². The summed E-state index contributed by atoms with van der Waals surface area (Å²) in [7, 11) is 0. The predicted octanol–water partition coefficient (Wildman–Crippen LogP) is 10.1. The number of benzene rings is 4. The van der Waals surface area contributed by atoms with Gasteiger partial charge in [-0.1, -0.05) is 54.6 Å². The first kappa shape index (κ1) is 30.0. The van der Waals surface area contributed by atoms with Crippen molar-refractivity contribution in [1.82, 2.24) is 15.0 Å². The maximum absolute atomic E-state index is 4.61. The third kappa shape index (κ3) is 7.76. The zero-order valence-corrected chi connectivity index (χ0v) is 26.0. The van der Waals surface area contributed by atoms with Crippen LogP contribution in [0.25, 0.3) is 33.4 Å². The topological polar surface area (TPSA) is 75.8 Å². The number of hydrogen-bond donors (Lipinski definition) is 0. The molecule has 0 fully saturated rings. The van der Waals surface area contributed by atoms with Gasteiger partial charge in [0.1, 0.15) is 0 Å². The molecule has 0 aliphatic carbocycles. The lowest BCUT2D eigenvalue weighted by Gasteiger charge is -2.12. The number of pyridine rings is 3. The molecule has 3 aromatic heterocycles. The summed E-state index contributed by atoms with van der Waals surface area (Å²) >= 11 is 0. The molecule has 0 atom stereocenters. The van der Waals surface area contributed by atoms with Gasteiger partial charge in [0.25, 0.3) is 0 Å². The van der Waals surface area contributed by atoms with E-state index in [0.29, 0.717) is 0 Å². The first-order valence-corrected chi connectivity index (χ1v) is 15.6. The lowest BCUT2D eigenvalue weighted by molar-refractivity contribution is 1.30. The van der Waals surface area contributed by atoms with Gasteiger partial charge in [0.05, 0.1) is 52.8 Å². The molecule has 3 heterocycles. The molecule has 7 aromatic rings. The molecule has 0 unspecified atom stereocenters. The highest BCUT2D eigenvalue weighted by Crippen LogP contribution is 2.35. The average Bonchev–Trinajstić information content (AvgIpc) is 3.17. The number of aromatic nitrogens is 3. The fraction of sp³-hybridized carbons (Fsp3) is 0. The second kappa shape index (κ2) is 14.6. The molecule has 0 radical (unpaired) electrons. The highest BCUT2D eigenvalue weighted by Gasteiger charge is 2.09. The minimum atomic E-state index is 0.820. The van der Waals surface area contributed by atoms with E-state index in [0.717, 1.165) is 67.5 Å². The lowest BCUT2D eigenvalue weighted by atomic mass is 9.93. The van der Waals surface area contributed by atoms with Crippen molar-refractivity contribution in [3.63, 3.8) is 0 Å². The minimum absolute atomic E-state index is 0.820. The third-order valence-corrected chi connectivity index (χ3v) is 7.64. The Morgan fingerprint density at radius 1 is 0.312 bits per heavy atom. The Morgan fingerprint density at radius 2 is 0.604 bits per heavy atom. The van der Waals surface area contributed by atoms with Crippen LogP contribution in [0.4, 0.5) is 17.1 Å². The summed E-state index contributed by atoms with van der Waals surface area (Å²) in [6, 6.07) is 48.9. The van der Waals surface area contributed by atoms with E-state index in [4.69, 9.17) is 0 Å².